The van der Waals surface area contributed by atoms with E-state index in [0.717, 1.165) is 11.1 Å². The van der Waals surface area contributed by atoms with Gasteiger partial charge in [-0.05, 0) is 41.8 Å². The molecule has 0 amide bonds. The first-order valence-corrected chi connectivity index (χ1v) is 7.06. The summed E-state index contributed by atoms with van der Waals surface area (Å²) in [6.45, 7) is 0.439. The van der Waals surface area contributed by atoms with Crippen LogP contribution in [0.5, 0.6) is 11.5 Å². The van der Waals surface area contributed by atoms with Crippen LogP contribution < -0.4 is 4.74 Å². The Morgan fingerprint density at radius 1 is 1.05 bits per heavy atom. The van der Waals surface area contributed by atoms with Gasteiger partial charge < -0.3 is 9.84 Å². The second kappa shape index (κ2) is 6.57. The standard InChI is InChI=1S/C15H14BrFO2/c16-7-8-19-15-6-3-12(10-14(15)17)9-11-1-4-13(18)5-2-11/h1-6,10,18H,7-9H2. The average Bonchev–Trinajstić information content (AvgIpc) is 2.41. The highest BCUT2D eigenvalue weighted by atomic mass is 79.9. The predicted molar refractivity (Wildman–Crippen MR) is 76.6 cm³/mol. The van der Waals surface area contributed by atoms with Crippen LogP contribution in [-0.4, -0.2) is 17.0 Å². The number of aromatic hydroxyl groups is 1. The fraction of sp³-hybridized carbons (Fsp3) is 0.200. The van der Waals surface area contributed by atoms with Crippen LogP contribution >= 0.6 is 15.9 Å². The third-order valence-electron chi connectivity index (χ3n) is 2.68. The van der Waals surface area contributed by atoms with Gasteiger partial charge in [-0.15, -0.1) is 0 Å². The molecule has 19 heavy (non-hydrogen) atoms. The molecule has 0 aliphatic rings. The maximum Gasteiger partial charge on any atom is 0.165 e. The molecule has 0 radical (unpaired) electrons. The summed E-state index contributed by atoms with van der Waals surface area (Å²) in [6.07, 6.45) is 0.621. The van der Waals surface area contributed by atoms with E-state index in [1.807, 2.05) is 18.2 Å². The Bertz CT molecular complexity index is 540. The first kappa shape index (κ1) is 13.9. The normalized spacial score (nSPS) is 10.4. The second-order valence-corrected chi connectivity index (χ2v) is 4.94. The smallest absolute Gasteiger partial charge is 0.165 e. The Hall–Kier alpha value is -1.55. The summed E-state index contributed by atoms with van der Waals surface area (Å²) in [5.74, 6) is 0.152. The van der Waals surface area contributed by atoms with Crippen LogP contribution in [0.3, 0.4) is 0 Å². The van der Waals surface area contributed by atoms with Crippen molar-refractivity contribution in [3.8, 4) is 11.5 Å². The summed E-state index contributed by atoms with van der Waals surface area (Å²) in [5.41, 5.74) is 1.89. The van der Waals surface area contributed by atoms with Crippen molar-refractivity contribution in [3.05, 3.63) is 59.4 Å². The monoisotopic (exact) mass is 324 g/mol. The molecule has 100 valence electrons. The number of phenols is 1. The van der Waals surface area contributed by atoms with E-state index in [2.05, 4.69) is 15.9 Å². The Morgan fingerprint density at radius 2 is 1.74 bits per heavy atom. The van der Waals surface area contributed by atoms with Crippen LogP contribution in [0.4, 0.5) is 4.39 Å². The number of halogens is 2. The number of rotatable bonds is 5. The minimum absolute atomic E-state index is 0.230. The Morgan fingerprint density at radius 3 is 2.37 bits per heavy atom. The highest BCUT2D eigenvalue weighted by Crippen LogP contribution is 2.21. The molecule has 0 aliphatic carbocycles. The van der Waals surface area contributed by atoms with Crippen molar-refractivity contribution in [1.82, 2.24) is 0 Å². The van der Waals surface area contributed by atoms with E-state index in [-0.39, 0.29) is 17.3 Å². The van der Waals surface area contributed by atoms with Crippen molar-refractivity contribution >= 4 is 15.9 Å². The van der Waals surface area contributed by atoms with E-state index >= 15 is 0 Å². The van der Waals surface area contributed by atoms with Crippen molar-refractivity contribution in [2.45, 2.75) is 6.42 Å². The van der Waals surface area contributed by atoms with E-state index in [4.69, 9.17) is 4.74 Å². The fourth-order valence-electron chi connectivity index (χ4n) is 1.77. The lowest BCUT2D eigenvalue weighted by atomic mass is 10.0. The second-order valence-electron chi connectivity index (χ2n) is 4.15. The summed E-state index contributed by atoms with van der Waals surface area (Å²) in [6, 6.07) is 11.9. The van der Waals surface area contributed by atoms with E-state index in [9.17, 15) is 9.50 Å². The molecule has 2 aromatic carbocycles. The molecule has 2 rings (SSSR count). The molecule has 0 aromatic heterocycles. The molecular formula is C15H14BrFO2. The zero-order chi connectivity index (χ0) is 13.7. The number of phenolic OH excluding ortho intramolecular Hbond substituents is 1. The van der Waals surface area contributed by atoms with Gasteiger partial charge in [-0.1, -0.05) is 34.1 Å². The van der Waals surface area contributed by atoms with Crippen molar-refractivity contribution in [1.29, 1.82) is 0 Å². The zero-order valence-electron chi connectivity index (χ0n) is 10.3. The fourth-order valence-corrected chi connectivity index (χ4v) is 1.93. The SMILES string of the molecule is Oc1ccc(Cc2ccc(OCCBr)c(F)c2)cc1. The van der Waals surface area contributed by atoms with Crippen molar-refractivity contribution in [2.24, 2.45) is 0 Å². The lowest BCUT2D eigenvalue weighted by Crippen LogP contribution is -2.00. The molecule has 0 aliphatic heterocycles. The lowest BCUT2D eigenvalue weighted by molar-refractivity contribution is 0.325. The maximum absolute atomic E-state index is 13.8. The van der Waals surface area contributed by atoms with Crippen LogP contribution in [0, 0.1) is 5.82 Å². The van der Waals surface area contributed by atoms with Gasteiger partial charge >= 0.3 is 0 Å². The summed E-state index contributed by atoms with van der Waals surface area (Å²) in [7, 11) is 0. The number of benzene rings is 2. The van der Waals surface area contributed by atoms with Gasteiger partial charge in [-0.3, -0.25) is 0 Å². The molecule has 1 N–H and O–H groups in total. The molecule has 0 atom stereocenters. The van der Waals surface area contributed by atoms with Crippen LogP contribution in [0.25, 0.3) is 0 Å². The van der Waals surface area contributed by atoms with Crippen LogP contribution in [0.2, 0.25) is 0 Å². The minimum atomic E-state index is -0.350. The highest BCUT2D eigenvalue weighted by molar-refractivity contribution is 9.09. The summed E-state index contributed by atoms with van der Waals surface area (Å²) >= 11 is 3.23. The van der Waals surface area contributed by atoms with Gasteiger partial charge in [-0.25, -0.2) is 4.39 Å². The first-order chi connectivity index (χ1) is 9.19. The zero-order valence-corrected chi connectivity index (χ0v) is 11.9. The number of hydrogen-bond acceptors (Lipinski definition) is 2. The quantitative estimate of drug-likeness (QED) is 0.845. The number of ether oxygens (including phenoxy) is 1. The lowest BCUT2D eigenvalue weighted by Gasteiger charge is -2.07. The molecule has 0 saturated carbocycles. The van der Waals surface area contributed by atoms with Gasteiger partial charge in [0.25, 0.3) is 0 Å². The minimum Gasteiger partial charge on any atom is -0.508 e. The van der Waals surface area contributed by atoms with Gasteiger partial charge in [0.15, 0.2) is 11.6 Å². The number of alkyl halides is 1. The van der Waals surface area contributed by atoms with Crippen molar-refractivity contribution in [2.75, 3.05) is 11.9 Å². The van der Waals surface area contributed by atoms with Crippen LogP contribution in [0.1, 0.15) is 11.1 Å². The van der Waals surface area contributed by atoms with Crippen LogP contribution in [0.15, 0.2) is 42.5 Å². The molecule has 4 heteroatoms. The van der Waals surface area contributed by atoms with E-state index in [0.29, 0.717) is 18.4 Å². The van der Waals surface area contributed by atoms with Crippen molar-refractivity contribution in [3.63, 3.8) is 0 Å². The topological polar surface area (TPSA) is 29.5 Å². The van der Waals surface area contributed by atoms with E-state index < -0.39 is 0 Å². The van der Waals surface area contributed by atoms with Gasteiger partial charge in [-0.2, -0.15) is 0 Å². The summed E-state index contributed by atoms with van der Waals surface area (Å²) < 4.78 is 19.0. The Balaban J connectivity index is 2.09. The molecule has 2 nitrogen and oxygen atoms in total. The van der Waals surface area contributed by atoms with Gasteiger partial charge in [0.05, 0.1) is 6.61 Å². The maximum atomic E-state index is 13.8. The summed E-state index contributed by atoms with van der Waals surface area (Å²) in [4.78, 5) is 0. The van der Waals surface area contributed by atoms with E-state index in [1.165, 1.54) is 6.07 Å². The molecular weight excluding hydrogens is 311 g/mol. The van der Waals surface area contributed by atoms with Gasteiger partial charge in [0.1, 0.15) is 5.75 Å². The Kier molecular flexibility index (Phi) is 4.80. The van der Waals surface area contributed by atoms with Gasteiger partial charge in [0.2, 0.25) is 0 Å². The molecule has 0 heterocycles. The van der Waals surface area contributed by atoms with Crippen LogP contribution in [-0.2, 0) is 6.42 Å². The van der Waals surface area contributed by atoms with E-state index in [1.54, 1.807) is 18.2 Å². The predicted octanol–water partition coefficient (Wildman–Crippen LogP) is 3.90. The Labute approximate surface area is 120 Å². The molecule has 0 unspecified atom stereocenters. The summed E-state index contributed by atoms with van der Waals surface area (Å²) in [5, 5.41) is 9.87. The largest absolute Gasteiger partial charge is 0.508 e. The number of hydrogen-bond donors (Lipinski definition) is 1. The highest BCUT2D eigenvalue weighted by Gasteiger charge is 2.05. The average molecular weight is 325 g/mol. The van der Waals surface area contributed by atoms with Crippen molar-refractivity contribution < 1.29 is 14.2 Å². The molecule has 0 fully saturated rings. The van der Waals surface area contributed by atoms with Gasteiger partial charge in [0, 0.05) is 5.33 Å². The molecule has 0 spiro atoms. The third kappa shape index (κ3) is 3.96. The third-order valence-corrected chi connectivity index (χ3v) is 3.00. The molecule has 2 aromatic rings. The molecule has 0 bridgehead atoms. The molecule has 0 saturated heterocycles. The first-order valence-electron chi connectivity index (χ1n) is 5.94.